The average molecular weight is 327 g/mol. The molecular formula is C17H15BrN2. The predicted molar refractivity (Wildman–Crippen MR) is 87.9 cm³/mol. The van der Waals surface area contributed by atoms with Gasteiger partial charge in [-0.05, 0) is 41.6 Å². The van der Waals surface area contributed by atoms with Crippen LogP contribution in [-0.4, -0.2) is 4.98 Å². The van der Waals surface area contributed by atoms with E-state index < -0.39 is 0 Å². The summed E-state index contributed by atoms with van der Waals surface area (Å²) in [6, 6.07) is 14.6. The van der Waals surface area contributed by atoms with E-state index in [1.807, 2.05) is 18.5 Å². The third-order valence-corrected chi connectivity index (χ3v) is 3.90. The third kappa shape index (κ3) is 2.68. The van der Waals surface area contributed by atoms with E-state index in [9.17, 15) is 0 Å². The lowest BCUT2D eigenvalue weighted by molar-refractivity contribution is 1.13. The van der Waals surface area contributed by atoms with Gasteiger partial charge in [-0.15, -0.1) is 0 Å². The van der Waals surface area contributed by atoms with Crippen LogP contribution in [0.25, 0.3) is 10.8 Å². The highest BCUT2D eigenvalue weighted by molar-refractivity contribution is 9.10. The largest absolute Gasteiger partial charge is 0.381 e. The molecule has 1 N–H and O–H groups in total. The average Bonchev–Trinajstić information content (AvgIpc) is 2.46. The van der Waals surface area contributed by atoms with E-state index in [-0.39, 0.29) is 0 Å². The van der Waals surface area contributed by atoms with E-state index in [1.165, 1.54) is 21.9 Å². The van der Waals surface area contributed by atoms with Gasteiger partial charge in [0.2, 0.25) is 0 Å². The fourth-order valence-corrected chi connectivity index (χ4v) is 2.81. The Bertz CT molecular complexity index is 748. The Morgan fingerprint density at radius 2 is 1.95 bits per heavy atom. The molecule has 2 nitrogen and oxygen atoms in total. The van der Waals surface area contributed by atoms with Gasteiger partial charge in [-0.2, -0.15) is 0 Å². The van der Waals surface area contributed by atoms with Gasteiger partial charge < -0.3 is 5.32 Å². The van der Waals surface area contributed by atoms with Gasteiger partial charge in [0.1, 0.15) is 0 Å². The van der Waals surface area contributed by atoms with Gasteiger partial charge in [0.15, 0.2) is 0 Å². The van der Waals surface area contributed by atoms with Crippen LogP contribution in [0.1, 0.15) is 11.1 Å². The van der Waals surface area contributed by atoms with Crippen LogP contribution in [0, 0.1) is 6.92 Å². The third-order valence-electron chi connectivity index (χ3n) is 3.41. The molecular weight excluding hydrogens is 312 g/mol. The number of benzene rings is 2. The molecule has 1 aromatic heterocycles. The first-order valence-corrected chi connectivity index (χ1v) is 7.35. The van der Waals surface area contributed by atoms with Crippen LogP contribution in [0.2, 0.25) is 0 Å². The maximum absolute atomic E-state index is 4.31. The molecule has 2 aromatic carbocycles. The Hall–Kier alpha value is -1.87. The number of rotatable bonds is 3. The number of aryl methyl sites for hydroxylation is 1. The summed E-state index contributed by atoms with van der Waals surface area (Å²) >= 11 is 3.49. The summed E-state index contributed by atoms with van der Waals surface area (Å²) in [5.41, 5.74) is 3.60. The molecule has 0 spiro atoms. The number of fused-ring (bicyclic) bond motifs is 1. The Labute approximate surface area is 127 Å². The molecule has 20 heavy (non-hydrogen) atoms. The van der Waals surface area contributed by atoms with Crippen molar-refractivity contribution >= 4 is 32.4 Å². The minimum Gasteiger partial charge on any atom is -0.381 e. The fraction of sp³-hybridized carbons (Fsp3) is 0.118. The summed E-state index contributed by atoms with van der Waals surface area (Å²) in [5.74, 6) is 0. The van der Waals surface area contributed by atoms with Gasteiger partial charge in [0.25, 0.3) is 0 Å². The maximum atomic E-state index is 4.31. The number of anilines is 1. The number of pyridine rings is 1. The Kier molecular flexibility index (Phi) is 3.70. The molecule has 3 rings (SSSR count). The van der Waals surface area contributed by atoms with Gasteiger partial charge in [-0.3, -0.25) is 4.98 Å². The van der Waals surface area contributed by atoms with Crippen molar-refractivity contribution in [1.82, 2.24) is 4.98 Å². The minimum atomic E-state index is 0.775. The number of hydrogen-bond acceptors (Lipinski definition) is 2. The lowest BCUT2D eigenvalue weighted by Gasteiger charge is -2.11. The first-order chi connectivity index (χ1) is 9.74. The highest BCUT2D eigenvalue weighted by atomic mass is 79.9. The van der Waals surface area contributed by atoms with Crippen LogP contribution in [-0.2, 0) is 6.54 Å². The van der Waals surface area contributed by atoms with Crippen LogP contribution in [0.3, 0.4) is 0 Å². The van der Waals surface area contributed by atoms with Crippen molar-refractivity contribution in [2.75, 3.05) is 5.32 Å². The maximum Gasteiger partial charge on any atom is 0.0422 e. The zero-order valence-electron chi connectivity index (χ0n) is 11.2. The monoisotopic (exact) mass is 326 g/mol. The second-order valence-electron chi connectivity index (χ2n) is 4.83. The van der Waals surface area contributed by atoms with Crippen LogP contribution >= 0.6 is 15.9 Å². The normalized spacial score (nSPS) is 10.7. The lowest BCUT2D eigenvalue weighted by atomic mass is 10.1. The smallest absolute Gasteiger partial charge is 0.0422 e. The standard InChI is InChI=1S/C17H15BrN2/c1-12-8-15(18)6-7-17(12)20-11-14-10-19-9-13-4-2-3-5-16(13)14/h2-10,20H,11H2,1H3. The van der Waals surface area contributed by atoms with Gasteiger partial charge in [-0.1, -0.05) is 40.2 Å². The summed E-state index contributed by atoms with van der Waals surface area (Å²) < 4.78 is 1.10. The Balaban J connectivity index is 1.87. The predicted octanol–water partition coefficient (Wildman–Crippen LogP) is 4.92. The van der Waals surface area contributed by atoms with Crippen molar-refractivity contribution in [2.45, 2.75) is 13.5 Å². The first-order valence-electron chi connectivity index (χ1n) is 6.56. The first kappa shape index (κ1) is 13.1. The molecule has 3 heteroatoms. The molecule has 0 fully saturated rings. The van der Waals surface area contributed by atoms with Crippen molar-refractivity contribution in [3.8, 4) is 0 Å². The summed E-state index contributed by atoms with van der Waals surface area (Å²) in [6.45, 7) is 2.88. The van der Waals surface area contributed by atoms with Gasteiger partial charge in [0, 0.05) is 34.5 Å². The molecule has 0 aliphatic rings. The number of nitrogens with zero attached hydrogens (tertiary/aromatic N) is 1. The molecule has 100 valence electrons. The molecule has 3 aromatic rings. The van der Waals surface area contributed by atoms with Crippen LogP contribution in [0.15, 0.2) is 59.3 Å². The van der Waals surface area contributed by atoms with Crippen LogP contribution < -0.4 is 5.32 Å². The molecule has 0 aliphatic carbocycles. The molecule has 0 aliphatic heterocycles. The van der Waals surface area contributed by atoms with Crippen molar-refractivity contribution < 1.29 is 0 Å². The van der Waals surface area contributed by atoms with E-state index >= 15 is 0 Å². The molecule has 0 atom stereocenters. The second kappa shape index (κ2) is 5.63. The van der Waals surface area contributed by atoms with E-state index in [2.05, 4.69) is 69.6 Å². The highest BCUT2D eigenvalue weighted by Gasteiger charge is 2.03. The molecule has 0 amide bonds. The Morgan fingerprint density at radius 1 is 1.10 bits per heavy atom. The van der Waals surface area contributed by atoms with Gasteiger partial charge in [-0.25, -0.2) is 0 Å². The van der Waals surface area contributed by atoms with Crippen LogP contribution in [0.5, 0.6) is 0 Å². The minimum absolute atomic E-state index is 0.775. The van der Waals surface area contributed by atoms with E-state index in [0.29, 0.717) is 0 Å². The zero-order chi connectivity index (χ0) is 13.9. The lowest BCUT2D eigenvalue weighted by Crippen LogP contribution is -2.02. The Morgan fingerprint density at radius 3 is 2.80 bits per heavy atom. The number of nitrogens with one attached hydrogen (secondary N) is 1. The van der Waals surface area contributed by atoms with E-state index in [1.54, 1.807) is 0 Å². The number of hydrogen-bond donors (Lipinski definition) is 1. The van der Waals surface area contributed by atoms with Crippen molar-refractivity contribution in [3.05, 3.63) is 70.5 Å². The number of halogens is 1. The van der Waals surface area contributed by atoms with Crippen LogP contribution in [0.4, 0.5) is 5.69 Å². The molecule has 0 saturated carbocycles. The summed E-state index contributed by atoms with van der Waals surface area (Å²) in [5, 5.41) is 5.92. The summed E-state index contributed by atoms with van der Waals surface area (Å²) in [4.78, 5) is 4.31. The fourth-order valence-electron chi connectivity index (χ4n) is 2.34. The van der Waals surface area contributed by atoms with Crippen molar-refractivity contribution in [2.24, 2.45) is 0 Å². The van der Waals surface area contributed by atoms with Gasteiger partial charge >= 0.3 is 0 Å². The molecule has 0 unspecified atom stereocenters. The quantitative estimate of drug-likeness (QED) is 0.739. The van der Waals surface area contributed by atoms with Crippen molar-refractivity contribution in [3.63, 3.8) is 0 Å². The number of aromatic nitrogens is 1. The molecule has 0 saturated heterocycles. The second-order valence-corrected chi connectivity index (χ2v) is 5.75. The molecule has 0 radical (unpaired) electrons. The van der Waals surface area contributed by atoms with Gasteiger partial charge in [0.05, 0.1) is 0 Å². The molecule has 0 bridgehead atoms. The highest BCUT2D eigenvalue weighted by Crippen LogP contribution is 2.22. The zero-order valence-corrected chi connectivity index (χ0v) is 12.8. The summed E-state index contributed by atoms with van der Waals surface area (Å²) in [6.07, 6.45) is 3.84. The van der Waals surface area contributed by atoms with E-state index in [4.69, 9.17) is 0 Å². The van der Waals surface area contributed by atoms with E-state index in [0.717, 1.165) is 16.7 Å². The summed E-state index contributed by atoms with van der Waals surface area (Å²) in [7, 11) is 0. The van der Waals surface area contributed by atoms with Crippen molar-refractivity contribution in [1.29, 1.82) is 0 Å². The topological polar surface area (TPSA) is 24.9 Å². The SMILES string of the molecule is Cc1cc(Br)ccc1NCc1cncc2ccccc12. The molecule has 1 heterocycles.